The third-order valence-electron chi connectivity index (χ3n) is 7.78. The first kappa shape index (κ1) is 34.4. The second-order valence-electron chi connectivity index (χ2n) is 11.4. The summed E-state index contributed by atoms with van der Waals surface area (Å²) in [6.45, 7) is 4.53. The molecule has 0 amide bonds. The molecule has 0 aliphatic rings. The van der Waals surface area contributed by atoms with Crippen LogP contribution in [0.3, 0.4) is 0 Å². The molecule has 0 unspecified atom stereocenters. The second-order valence-corrected chi connectivity index (χ2v) is 11.4. The Bertz CT molecular complexity index is 1670. The number of benzene rings is 4. The fraction of sp³-hybridized carbons (Fsp3) is 0.300. The molecule has 6 aromatic rings. The van der Waals surface area contributed by atoms with Crippen molar-refractivity contribution >= 4 is 21.8 Å². The highest BCUT2D eigenvalue weighted by Crippen LogP contribution is 2.22. The van der Waals surface area contributed by atoms with Gasteiger partial charge in [-0.05, 0) is 72.2 Å². The number of hydrogen-bond acceptors (Lipinski definition) is 7. The Kier molecular flexibility index (Phi) is 13.6. The summed E-state index contributed by atoms with van der Waals surface area (Å²) in [6.07, 6.45) is 8.27. The van der Waals surface area contributed by atoms with Crippen LogP contribution < -0.4 is 9.47 Å². The number of hydrogen-bond donors (Lipinski definition) is 0. The molecular weight excluding hydrogens is 602 g/mol. The van der Waals surface area contributed by atoms with Crippen molar-refractivity contribution in [3.63, 3.8) is 0 Å². The summed E-state index contributed by atoms with van der Waals surface area (Å²) in [6, 6.07) is 32.7. The summed E-state index contributed by atoms with van der Waals surface area (Å²) in [5.74, 6) is 1.27. The van der Waals surface area contributed by atoms with Gasteiger partial charge in [0, 0.05) is 19.4 Å². The highest BCUT2D eigenvalue weighted by Gasteiger charge is 2.06. The molecule has 7 nitrogen and oxygen atoms in total. The fourth-order valence-corrected chi connectivity index (χ4v) is 5.15. The van der Waals surface area contributed by atoms with E-state index >= 15 is 0 Å². The summed E-state index contributed by atoms with van der Waals surface area (Å²) < 4.78 is 29.4. The number of aromatic nitrogens is 4. The molecule has 0 N–H and O–H groups in total. The van der Waals surface area contributed by atoms with E-state index in [1.54, 1.807) is 6.33 Å². The Morgan fingerprint density at radius 3 is 1.50 bits per heavy atom. The summed E-state index contributed by atoms with van der Waals surface area (Å²) >= 11 is 0. The van der Waals surface area contributed by atoms with E-state index in [0.29, 0.717) is 38.0 Å². The fourth-order valence-electron chi connectivity index (χ4n) is 5.15. The minimum atomic E-state index is -0.229. The molecule has 0 fully saturated rings. The maximum atomic E-state index is 12.1. The maximum absolute atomic E-state index is 12.1. The topological polar surface area (TPSA) is 79.2 Å². The molecule has 0 aliphatic carbocycles. The zero-order valence-electron chi connectivity index (χ0n) is 27.6. The van der Waals surface area contributed by atoms with E-state index in [1.165, 1.54) is 28.6 Å². The summed E-state index contributed by atoms with van der Waals surface area (Å²) in [7, 11) is 0. The van der Waals surface area contributed by atoms with Crippen LogP contribution in [0.2, 0.25) is 0 Å². The molecule has 8 heteroatoms. The van der Waals surface area contributed by atoms with E-state index in [-0.39, 0.29) is 6.67 Å². The number of rotatable bonds is 16. The van der Waals surface area contributed by atoms with E-state index < -0.39 is 0 Å². The van der Waals surface area contributed by atoms with Gasteiger partial charge in [-0.3, -0.25) is 4.39 Å². The van der Waals surface area contributed by atoms with E-state index in [4.69, 9.17) is 14.2 Å². The van der Waals surface area contributed by atoms with Gasteiger partial charge < -0.3 is 14.2 Å². The lowest BCUT2D eigenvalue weighted by Gasteiger charge is -2.08. The lowest BCUT2D eigenvalue weighted by atomic mass is 10.1. The third kappa shape index (κ3) is 10.5. The van der Waals surface area contributed by atoms with E-state index in [9.17, 15) is 4.39 Å². The number of para-hydroxylation sites is 2. The van der Waals surface area contributed by atoms with Gasteiger partial charge in [0.1, 0.15) is 12.7 Å². The lowest BCUT2D eigenvalue weighted by Crippen LogP contribution is -2.03. The molecule has 0 saturated heterocycles. The molecule has 0 saturated carbocycles. The molecule has 6 rings (SSSR count). The molecular formula is C40H43FN4O3. The summed E-state index contributed by atoms with van der Waals surface area (Å²) in [4.78, 5) is 17.0. The Morgan fingerprint density at radius 1 is 0.521 bits per heavy atom. The number of unbranched alkanes of at least 4 members (excludes halogenated alkanes) is 1. The Hall–Kier alpha value is -4.95. The predicted octanol–water partition coefficient (Wildman–Crippen LogP) is 8.72. The van der Waals surface area contributed by atoms with Crippen LogP contribution in [0.4, 0.5) is 4.39 Å². The van der Waals surface area contributed by atoms with Gasteiger partial charge in [0.05, 0.1) is 48.3 Å². The Morgan fingerprint density at radius 2 is 1.00 bits per heavy atom. The number of aryl methyl sites for hydroxylation is 1. The van der Waals surface area contributed by atoms with Gasteiger partial charge in [0.25, 0.3) is 0 Å². The van der Waals surface area contributed by atoms with Crippen molar-refractivity contribution in [1.29, 1.82) is 0 Å². The van der Waals surface area contributed by atoms with Gasteiger partial charge in [-0.15, -0.1) is 0 Å². The molecule has 48 heavy (non-hydrogen) atoms. The van der Waals surface area contributed by atoms with Crippen molar-refractivity contribution in [2.24, 2.45) is 0 Å². The second kappa shape index (κ2) is 19.0. The van der Waals surface area contributed by atoms with Crippen LogP contribution in [-0.4, -0.2) is 46.4 Å². The minimum absolute atomic E-state index is 0.229. The zero-order chi connectivity index (χ0) is 33.2. The highest BCUT2D eigenvalue weighted by molar-refractivity contribution is 5.83. The lowest BCUT2D eigenvalue weighted by molar-refractivity contribution is 0.121. The SMILES string of the molecule is CCCOCc1ccc(CCOc2ncnc3ccccc23)cc1.[18F]CCCCc1ccc(CCOc2ncnc3ccccc23)cc1. The normalized spacial score (nSPS) is 10.9. The smallest absolute Gasteiger partial charge is 0.224 e. The standard InChI is InChI=1S/C20H21FN2O.C20H22N2O2/c21-13-4-3-5-16-8-10-17(11-9-16)12-14-24-20-18-6-1-2-7-19(18)22-15-23-20;1-2-12-23-14-17-9-7-16(8-10-17)11-13-24-20-18-5-3-4-6-19(18)21-15-22-20/h1-2,6-11,15H,3-5,12-14H2;3-10,15H,2,11-14H2,1H3/i21-1;. The molecule has 248 valence electrons. The first-order chi connectivity index (χ1) is 23.7. The minimum Gasteiger partial charge on any atom is -0.477 e. The molecule has 2 heterocycles. The number of ether oxygens (including phenoxy) is 3. The Labute approximate surface area is 282 Å². The number of halogens is 1. The molecule has 0 spiro atoms. The van der Waals surface area contributed by atoms with Crippen molar-refractivity contribution in [3.8, 4) is 11.8 Å². The van der Waals surface area contributed by atoms with E-state index in [0.717, 1.165) is 60.5 Å². The predicted molar refractivity (Wildman–Crippen MR) is 189 cm³/mol. The number of alkyl halides is 1. The van der Waals surface area contributed by atoms with E-state index in [2.05, 4.69) is 75.4 Å². The van der Waals surface area contributed by atoms with Crippen LogP contribution in [0.5, 0.6) is 11.8 Å². The Balaban J connectivity index is 0.000000188. The molecule has 0 radical (unpaired) electrons. The van der Waals surface area contributed by atoms with E-state index in [1.807, 2.05) is 48.5 Å². The maximum Gasteiger partial charge on any atom is 0.224 e. The van der Waals surface area contributed by atoms with Gasteiger partial charge in [-0.1, -0.05) is 79.7 Å². The van der Waals surface area contributed by atoms with Crippen LogP contribution in [0.1, 0.15) is 48.4 Å². The highest BCUT2D eigenvalue weighted by atomic mass is 18.2. The van der Waals surface area contributed by atoms with Crippen LogP contribution in [0, 0.1) is 0 Å². The van der Waals surface area contributed by atoms with Gasteiger partial charge in [-0.25, -0.2) is 19.9 Å². The van der Waals surface area contributed by atoms with Crippen LogP contribution >= 0.6 is 0 Å². The first-order valence-electron chi connectivity index (χ1n) is 16.7. The average molecular weight is 646 g/mol. The first-order valence-corrected chi connectivity index (χ1v) is 16.7. The molecule has 0 bridgehead atoms. The van der Waals surface area contributed by atoms with Crippen molar-refractivity contribution in [2.75, 3.05) is 26.5 Å². The molecule has 4 aromatic carbocycles. The van der Waals surface area contributed by atoms with Crippen LogP contribution in [-0.2, 0) is 30.6 Å². The summed E-state index contributed by atoms with van der Waals surface area (Å²) in [5.41, 5.74) is 6.72. The molecule has 0 aliphatic heterocycles. The van der Waals surface area contributed by atoms with Crippen LogP contribution in [0.15, 0.2) is 110 Å². The number of nitrogens with zero attached hydrogens (tertiary/aromatic N) is 4. The van der Waals surface area contributed by atoms with Crippen molar-refractivity contribution in [2.45, 2.75) is 52.1 Å². The van der Waals surface area contributed by atoms with Gasteiger partial charge in [0.15, 0.2) is 0 Å². The van der Waals surface area contributed by atoms with Crippen molar-refractivity contribution in [3.05, 3.63) is 132 Å². The zero-order valence-corrected chi connectivity index (χ0v) is 27.6. The summed E-state index contributed by atoms with van der Waals surface area (Å²) in [5, 5.41) is 1.88. The monoisotopic (exact) mass is 645 g/mol. The van der Waals surface area contributed by atoms with Crippen LogP contribution in [0.25, 0.3) is 21.8 Å². The number of fused-ring (bicyclic) bond motifs is 2. The quantitative estimate of drug-likeness (QED) is 0.0974. The van der Waals surface area contributed by atoms with Crippen molar-refractivity contribution < 1.29 is 18.6 Å². The van der Waals surface area contributed by atoms with Gasteiger partial charge >= 0.3 is 0 Å². The van der Waals surface area contributed by atoms with Crippen molar-refractivity contribution in [1.82, 2.24) is 19.9 Å². The van der Waals surface area contributed by atoms with Gasteiger partial charge in [0.2, 0.25) is 11.8 Å². The third-order valence-corrected chi connectivity index (χ3v) is 7.78. The molecule has 0 atom stereocenters. The largest absolute Gasteiger partial charge is 0.477 e. The van der Waals surface area contributed by atoms with Gasteiger partial charge in [-0.2, -0.15) is 0 Å². The average Bonchev–Trinajstić information content (AvgIpc) is 3.14. The molecule has 2 aromatic heterocycles.